The number of carbonyl (C=O) groups is 3. The Labute approximate surface area is 196 Å². The highest BCUT2D eigenvalue weighted by Gasteiger charge is 2.35. The lowest BCUT2D eigenvalue weighted by molar-refractivity contribution is -0.126. The first-order chi connectivity index (χ1) is 15.2. The fourth-order valence-electron chi connectivity index (χ4n) is 3.36. The van der Waals surface area contributed by atoms with Crippen LogP contribution in [0.1, 0.15) is 25.8 Å². The summed E-state index contributed by atoms with van der Waals surface area (Å²) in [6, 6.07) is 12.6. The van der Waals surface area contributed by atoms with E-state index >= 15 is 0 Å². The van der Waals surface area contributed by atoms with Gasteiger partial charge in [-0.15, -0.1) is 0 Å². The van der Waals surface area contributed by atoms with E-state index in [0.717, 1.165) is 10.0 Å². The number of nitrogens with one attached hydrogen (secondary N) is 2. The lowest BCUT2D eigenvalue weighted by atomic mass is 10.1. The summed E-state index contributed by atoms with van der Waals surface area (Å²) in [6.45, 7) is 6.85. The van der Waals surface area contributed by atoms with Gasteiger partial charge in [0.1, 0.15) is 5.75 Å². The highest BCUT2D eigenvalue weighted by molar-refractivity contribution is 9.10. The predicted octanol–water partition coefficient (Wildman–Crippen LogP) is 3.90. The summed E-state index contributed by atoms with van der Waals surface area (Å²) >= 11 is 3.43. The van der Waals surface area contributed by atoms with Gasteiger partial charge in [-0.2, -0.15) is 0 Å². The summed E-state index contributed by atoms with van der Waals surface area (Å²) in [4.78, 5) is 38.5. The van der Waals surface area contributed by atoms with E-state index in [4.69, 9.17) is 4.74 Å². The van der Waals surface area contributed by atoms with Gasteiger partial charge in [0.25, 0.3) is 5.91 Å². The van der Waals surface area contributed by atoms with Gasteiger partial charge in [0.15, 0.2) is 6.61 Å². The quantitative estimate of drug-likeness (QED) is 0.574. The zero-order chi connectivity index (χ0) is 23.3. The number of carbonyl (C=O) groups excluding carboxylic acids is 3. The number of hydrogen-bond acceptors (Lipinski definition) is 4. The Morgan fingerprint density at radius 1 is 1.19 bits per heavy atom. The van der Waals surface area contributed by atoms with Crippen molar-refractivity contribution in [3.8, 4) is 5.75 Å². The third kappa shape index (κ3) is 6.32. The fraction of sp³-hybridized carbons (Fsp3) is 0.375. The van der Waals surface area contributed by atoms with E-state index in [9.17, 15) is 14.4 Å². The predicted molar refractivity (Wildman–Crippen MR) is 128 cm³/mol. The van der Waals surface area contributed by atoms with E-state index in [0.29, 0.717) is 36.1 Å². The molecule has 0 radical (unpaired) electrons. The van der Waals surface area contributed by atoms with Crippen LogP contribution in [0.2, 0.25) is 0 Å². The van der Waals surface area contributed by atoms with Crippen molar-refractivity contribution in [2.24, 2.45) is 11.8 Å². The number of amides is 3. The maximum absolute atomic E-state index is 12.4. The standard InChI is InChI=1S/C24H28BrN3O4/c1-15(2)12-26-24(31)17-11-23(30)28(13-17)18-5-7-19(8-6-18)32-14-22(29)27-21-9-4-16(3)10-20(21)25/h4-10,15,17H,11-14H2,1-3H3,(H,26,31)(H,27,29)/t17-/m0/s1. The van der Waals surface area contributed by atoms with Crippen molar-refractivity contribution in [1.82, 2.24) is 5.32 Å². The molecule has 32 heavy (non-hydrogen) atoms. The average molecular weight is 502 g/mol. The number of ether oxygens (including phenoxy) is 1. The molecule has 7 nitrogen and oxygen atoms in total. The first-order valence-electron chi connectivity index (χ1n) is 10.6. The van der Waals surface area contributed by atoms with Crippen LogP contribution in [-0.2, 0) is 14.4 Å². The summed E-state index contributed by atoms with van der Waals surface area (Å²) in [5.41, 5.74) is 2.47. The third-order valence-corrected chi connectivity index (χ3v) is 5.75. The molecule has 1 saturated heterocycles. The summed E-state index contributed by atoms with van der Waals surface area (Å²) in [7, 11) is 0. The highest BCUT2D eigenvalue weighted by atomic mass is 79.9. The van der Waals surface area contributed by atoms with Gasteiger partial charge in [-0.25, -0.2) is 0 Å². The summed E-state index contributed by atoms with van der Waals surface area (Å²) < 4.78 is 6.37. The smallest absolute Gasteiger partial charge is 0.262 e. The lowest BCUT2D eigenvalue weighted by Crippen LogP contribution is -2.35. The van der Waals surface area contributed by atoms with E-state index in [1.54, 1.807) is 29.2 Å². The van der Waals surface area contributed by atoms with Crippen molar-refractivity contribution in [1.29, 1.82) is 0 Å². The van der Waals surface area contributed by atoms with Crippen LogP contribution in [-0.4, -0.2) is 37.4 Å². The molecule has 3 rings (SSSR count). The molecule has 2 aromatic rings. The Balaban J connectivity index is 1.52. The van der Waals surface area contributed by atoms with Crippen molar-refractivity contribution in [3.05, 3.63) is 52.5 Å². The molecular weight excluding hydrogens is 474 g/mol. The van der Waals surface area contributed by atoms with Gasteiger partial charge in [-0.1, -0.05) is 19.9 Å². The summed E-state index contributed by atoms with van der Waals surface area (Å²) in [5.74, 6) is 0.0997. The number of rotatable bonds is 8. The summed E-state index contributed by atoms with van der Waals surface area (Å²) in [6.07, 6.45) is 0.205. The molecule has 0 aromatic heterocycles. The number of benzene rings is 2. The second-order valence-corrected chi connectivity index (χ2v) is 9.21. The van der Waals surface area contributed by atoms with Crippen LogP contribution in [0.25, 0.3) is 0 Å². The van der Waals surface area contributed by atoms with Crippen LogP contribution < -0.4 is 20.3 Å². The topological polar surface area (TPSA) is 87.7 Å². The molecule has 0 spiro atoms. The molecule has 0 bridgehead atoms. The molecule has 0 unspecified atom stereocenters. The monoisotopic (exact) mass is 501 g/mol. The highest BCUT2D eigenvalue weighted by Crippen LogP contribution is 2.27. The minimum atomic E-state index is -0.345. The maximum Gasteiger partial charge on any atom is 0.262 e. The van der Waals surface area contributed by atoms with Crippen molar-refractivity contribution in [3.63, 3.8) is 0 Å². The Bertz CT molecular complexity index is 991. The van der Waals surface area contributed by atoms with Gasteiger partial charge < -0.3 is 20.3 Å². The van der Waals surface area contributed by atoms with Crippen LogP contribution in [0.15, 0.2) is 46.9 Å². The molecule has 8 heteroatoms. The molecule has 2 N–H and O–H groups in total. The minimum Gasteiger partial charge on any atom is -0.484 e. The second-order valence-electron chi connectivity index (χ2n) is 8.36. The van der Waals surface area contributed by atoms with Gasteiger partial charge in [0.05, 0.1) is 11.6 Å². The Hall–Kier alpha value is -2.87. The molecule has 0 aliphatic carbocycles. The largest absolute Gasteiger partial charge is 0.484 e. The number of hydrogen-bond donors (Lipinski definition) is 2. The van der Waals surface area contributed by atoms with E-state index in [1.807, 2.05) is 39.0 Å². The van der Waals surface area contributed by atoms with Crippen LogP contribution in [0.4, 0.5) is 11.4 Å². The molecule has 2 aromatic carbocycles. The van der Waals surface area contributed by atoms with Crippen molar-refractivity contribution < 1.29 is 19.1 Å². The molecule has 1 fully saturated rings. The first kappa shape index (κ1) is 23.8. The molecule has 1 atom stereocenters. The lowest BCUT2D eigenvalue weighted by Gasteiger charge is -2.17. The first-order valence-corrected chi connectivity index (χ1v) is 11.4. The molecule has 1 heterocycles. The van der Waals surface area contributed by atoms with E-state index in [-0.39, 0.29) is 36.7 Å². The Morgan fingerprint density at radius 2 is 1.91 bits per heavy atom. The number of anilines is 2. The minimum absolute atomic E-state index is 0.0774. The van der Waals surface area contributed by atoms with Gasteiger partial charge in [-0.3, -0.25) is 14.4 Å². The Kier molecular flexibility index (Phi) is 7.90. The van der Waals surface area contributed by atoms with Gasteiger partial charge >= 0.3 is 0 Å². The zero-order valence-corrected chi connectivity index (χ0v) is 20.1. The van der Waals surface area contributed by atoms with Crippen molar-refractivity contribution >= 4 is 45.0 Å². The van der Waals surface area contributed by atoms with Crippen molar-refractivity contribution in [2.45, 2.75) is 27.2 Å². The third-order valence-electron chi connectivity index (χ3n) is 5.10. The van der Waals surface area contributed by atoms with E-state index in [2.05, 4.69) is 26.6 Å². The normalized spacial score (nSPS) is 15.7. The molecule has 0 saturated carbocycles. The number of aryl methyl sites for hydroxylation is 1. The molecule has 1 aliphatic rings. The van der Waals surface area contributed by atoms with Gasteiger partial charge in [0.2, 0.25) is 11.8 Å². The molecular formula is C24H28BrN3O4. The summed E-state index contributed by atoms with van der Waals surface area (Å²) in [5, 5.41) is 5.70. The van der Waals surface area contributed by atoms with Crippen molar-refractivity contribution in [2.75, 3.05) is 29.9 Å². The maximum atomic E-state index is 12.4. The van der Waals surface area contributed by atoms with Crippen LogP contribution >= 0.6 is 15.9 Å². The zero-order valence-electron chi connectivity index (χ0n) is 18.5. The van der Waals surface area contributed by atoms with Crippen LogP contribution in [0, 0.1) is 18.8 Å². The van der Waals surface area contributed by atoms with E-state index in [1.165, 1.54) is 0 Å². The van der Waals surface area contributed by atoms with Crippen LogP contribution in [0.3, 0.4) is 0 Å². The molecule has 1 aliphatic heterocycles. The Morgan fingerprint density at radius 3 is 2.56 bits per heavy atom. The average Bonchev–Trinajstić information content (AvgIpc) is 3.14. The van der Waals surface area contributed by atoms with Gasteiger partial charge in [-0.05, 0) is 70.7 Å². The molecule has 3 amide bonds. The van der Waals surface area contributed by atoms with Crippen LogP contribution in [0.5, 0.6) is 5.75 Å². The number of nitrogens with zero attached hydrogens (tertiary/aromatic N) is 1. The second kappa shape index (κ2) is 10.6. The van der Waals surface area contributed by atoms with Gasteiger partial charge in [0, 0.05) is 29.7 Å². The van der Waals surface area contributed by atoms with E-state index < -0.39 is 0 Å². The number of halogens is 1. The fourth-order valence-corrected chi connectivity index (χ4v) is 3.95. The SMILES string of the molecule is Cc1ccc(NC(=O)COc2ccc(N3C[C@@H](C(=O)NCC(C)C)CC3=O)cc2)c(Br)c1. The molecule has 170 valence electrons.